The molecule has 1 unspecified atom stereocenters. The van der Waals surface area contributed by atoms with Crippen molar-refractivity contribution in [1.29, 1.82) is 0 Å². The standard InChI is InChI=1S/C90H60N4O2P2/c95-97(71-16-4-1-5-17-71,72-18-6-2-7-19-72)74-46-38-60(39-47-74)59-28-30-62(31-29-59)70-45-53-86-81(57-70)78-51-43-68(58-82(78)90-92-84-25-13-15-27-88(84)94(86)90)64-40-48-75(49-41-64)98(96,73-20-8-3-9-21-73)76-50-42-66-54-65(36-37-67(66)55-76)61-32-34-63(35-33-61)69-44-52-85-80(56-69)77-22-10-11-23-79(77)89-91-83-24-12-14-26-87(83)93(85)89/h1-58,95-96H/q+2. The lowest BCUT2D eigenvalue weighted by molar-refractivity contribution is 0.632. The van der Waals surface area contributed by atoms with Crippen LogP contribution in [0.2, 0.25) is 0 Å². The number of aromatic nitrogens is 4. The van der Waals surface area contributed by atoms with Gasteiger partial charge in [0.05, 0.1) is 33.1 Å². The fourth-order valence-corrected chi connectivity index (χ4v) is 20.5. The molecule has 460 valence electrons. The average Bonchev–Trinajstić information content (AvgIpc) is 1.53. The summed E-state index contributed by atoms with van der Waals surface area (Å²) in [6.07, 6.45) is 0. The van der Waals surface area contributed by atoms with E-state index in [9.17, 15) is 9.79 Å². The molecule has 0 amide bonds. The van der Waals surface area contributed by atoms with Gasteiger partial charge in [-0.05, 0) is 211 Å². The van der Waals surface area contributed by atoms with Crippen molar-refractivity contribution in [3.63, 3.8) is 0 Å². The van der Waals surface area contributed by atoms with Crippen LogP contribution in [0.5, 0.6) is 0 Å². The molecule has 19 aromatic rings. The van der Waals surface area contributed by atoms with E-state index in [-0.39, 0.29) is 0 Å². The van der Waals surface area contributed by atoms with Crippen molar-refractivity contribution in [1.82, 2.24) is 18.8 Å². The van der Waals surface area contributed by atoms with Gasteiger partial charge in [-0.1, -0.05) is 218 Å². The van der Waals surface area contributed by atoms with E-state index in [4.69, 9.17) is 9.97 Å². The van der Waals surface area contributed by atoms with Crippen LogP contribution in [-0.2, 0) is 0 Å². The van der Waals surface area contributed by atoms with Gasteiger partial charge in [-0.25, -0.2) is 19.8 Å². The van der Waals surface area contributed by atoms with Crippen LogP contribution in [0.15, 0.2) is 352 Å². The molecule has 2 N–H and O–H groups in total. The maximum absolute atomic E-state index is 13.5. The highest BCUT2D eigenvalue weighted by Gasteiger charge is 2.45. The van der Waals surface area contributed by atoms with E-state index in [1.54, 1.807) is 0 Å². The Morgan fingerprint density at radius 2 is 0.510 bits per heavy atom. The molecule has 19 rings (SSSR count). The molecule has 0 aliphatic heterocycles. The smallest absolute Gasteiger partial charge is 0.238 e. The first kappa shape index (κ1) is 57.7. The summed E-state index contributed by atoms with van der Waals surface area (Å²) >= 11 is 0. The van der Waals surface area contributed by atoms with Crippen LogP contribution in [-0.4, -0.2) is 28.6 Å². The number of pyridine rings is 2. The first-order valence-electron chi connectivity index (χ1n) is 33.2. The van der Waals surface area contributed by atoms with E-state index in [0.29, 0.717) is 0 Å². The van der Waals surface area contributed by atoms with Gasteiger partial charge in [0, 0.05) is 21.5 Å². The van der Waals surface area contributed by atoms with Gasteiger partial charge in [0.1, 0.15) is 43.1 Å². The van der Waals surface area contributed by atoms with Crippen molar-refractivity contribution < 1.29 is 9.79 Å². The van der Waals surface area contributed by atoms with Gasteiger partial charge in [0.2, 0.25) is 15.0 Å². The van der Waals surface area contributed by atoms with Crippen molar-refractivity contribution in [3.05, 3.63) is 352 Å². The molecule has 98 heavy (non-hydrogen) atoms. The quantitative estimate of drug-likeness (QED) is 0.1000. The number of rotatable bonds is 11. The summed E-state index contributed by atoms with van der Waals surface area (Å²) in [5.74, 6) is 0. The monoisotopic (exact) mass is 1290 g/mol. The first-order valence-corrected chi connectivity index (χ1v) is 36.7. The topological polar surface area (TPSA) is 75.1 Å². The van der Waals surface area contributed by atoms with E-state index in [1.165, 1.54) is 10.8 Å². The van der Waals surface area contributed by atoms with Gasteiger partial charge in [0.15, 0.2) is 0 Å². The lowest BCUT2D eigenvalue weighted by atomic mass is 9.96. The summed E-state index contributed by atoms with van der Waals surface area (Å²) in [6.45, 7) is 0. The number of hydrogen-bond acceptors (Lipinski definition) is 4. The summed E-state index contributed by atoms with van der Waals surface area (Å²) in [5, 5.41) is 14.5. The van der Waals surface area contributed by atoms with E-state index in [2.05, 4.69) is 282 Å². The number of para-hydroxylation sites is 4. The highest BCUT2D eigenvalue weighted by atomic mass is 31.2. The number of benzene rings is 15. The van der Waals surface area contributed by atoms with Gasteiger partial charge >= 0.3 is 0 Å². The summed E-state index contributed by atoms with van der Waals surface area (Å²) in [4.78, 5) is 36.4. The first-order chi connectivity index (χ1) is 48.3. The fraction of sp³-hybridized carbons (Fsp3) is 0. The molecule has 0 aliphatic rings. The number of fused-ring (bicyclic) bond motifs is 17. The summed E-state index contributed by atoms with van der Waals surface area (Å²) < 4.78 is 4.62. The minimum atomic E-state index is -3.11. The second-order valence-corrected chi connectivity index (χ2v) is 31.2. The van der Waals surface area contributed by atoms with Crippen molar-refractivity contribution >= 4 is 134 Å². The summed E-state index contributed by atoms with van der Waals surface area (Å²) in [6, 6.07) is 124. The molecular weight excluding hydrogens is 1230 g/mol. The van der Waals surface area contributed by atoms with Gasteiger partial charge in [0.25, 0.3) is 0 Å². The second kappa shape index (κ2) is 23.0. The van der Waals surface area contributed by atoms with E-state index in [1.807, 2.05) is 78.9 Å². The van der Waals surface area contributed by atoms with Crippen molar-refractivity contribution in [2.75, 3.05) is 0 Å². The summed E-state index contributed by atoms with van der Waals surface area (Å²) in [5.41, 5.74) is 19.4. The predicted octanol–water partition coefficient (Wildman–Crippen LogP) is 19.8. The third-order valence-electron chi connectivity index (χ3n) is 20.1. The molecule has 0 saturated carbocycles. The van der Waals surface area contributed by atoms with Gasteiger partial charge < -0.3 is 0 Å². The van der Waals surface area contributed by atoms with Crippen molar-refractivity contribution in [2.45, 2.75) is 0 Å². The van der Waals surface area contributed by atoms with Crippen molar-refractivity contribution in [2.24, 2.45) is 0 Å². The zero-order valence-corrected chi connectivity index (χ0v) is 54.9. The normalized spacial score (nSPS) is 12.7. The molecule has 0 fully saturated rings. The van der Waals surface area contributed by atoms with Gasteiger partial charge in [-0.15, -0.1) is 0 Å². The third kappa shape index (κ3) is 9.33. The summed E-state index contributed by atoms with van der Waals surface area (Å²) in [7, 11) is -5.95. The Labute approximate surface area is 566 Å². The third-order valence-corrected chi connectivity index (χ3v) is 26.4. The minimum absolute atomic E-state index is 0.885. The second-order valence-electron chi connectivity index (χ2n) is 25.6. The van der Waals surface area contributed by atoms with Crippen LogP contribution in [0, 0.1) is 0 Å². The number of hydrogen-bond donors (Lipinski definition) is 2. The van der Waals surface area contributed by atoms with Crippen molar-refractivity contribution in [3.8, 4) is 55.6 Å². The Morgan fingerprint density at radius 3 is 1.00 bits per heavy atom. The molecule has 0 bridgehead atoms. The molecule has 0 aliphatic carbocycles. The van der Waals surface area contributed by atoms with Crippen LogP contribution in [0.3, 0.4) is 0 Å². The SMILES string of the molecule is O[P+](c1ccccc1)(c1ccccc1)c1ccc(-c2ccc(-c3ccc4c(c3)c3ccc(-c5ccc([P+](O)(c6ccccc6)c6ccc7cc(-c8ccc(-c9ccc%10c(c9)c9ccccc9c9nc%11ccccc%11n%109)cc8)ccc7c6)cc5)cc3c3nc5ccccc5n43)cc2)cc1. The molecule has 0 radical (unpaired) electrons. The Kier molecular flexibility index (Phi) is 13.5. The predicted molar refractivity (Wildman–Crippen MR) is 416 cm³/mol. The minimum Gasteiger partial charge on any atom is -0.292 e. The highest BCUT2D eigenvalue weighted by molar-refractivity contribution is 7.91. The lowest BCUT2D eigenvalue weighted by Gasteiger charge is -2.21. The maximum Gasteiger partial charge on any atom is 0.238 e. The number of nitrogens with zero attached hydrogens (tertiary/aromatic N) is 4. The van der Waals surface area contributed by atoms with Crippen LogP contribution in [0.4, 0.5) is 0 Å². The van der Waals surface area contributed by atoms with Gasteiger partial charge in [-0.2, -0.15) is 0 Å². The van der Waals surface area contributed by atoms with E-state index < -0.39 is 15.0 Å². The molecule has 0 spiro atoms. The molecule has 0 saturated heterocycles. The Bertz CT molecular complexity index is 6320. The van der Waals surface area contributed by atoms with Gasteiger partial charge in [-0.3, -0.25) is 8.80 Å². The lowest BCUT2D eigenvalue weighted by Crippen LogP contribution is -2.30. The molecular formula is C90H60N4O2P2+2. The molecule has 6 nitrogen and oxygen atoms in total. The van der Waals surface area contributed by atoms with E-state index >= 15 is 0 Å². The van der Waals surface area contributed by atoms with Crippen LogP contribution in [0.25, 0.3) is 143 Å². The highest BCUT2D eigenvalue weighted by Crippen LogP contribution is 2.53. The molecule has 4 aromatic heterocycles. The Balaban J connectivity index is 0.621. The number of imidazole rings is 2. The van der Waals surface area contributed by atoms with Crippen LogP contribution in [0.1, 0.15) is 0 Å². The maximum atomic E-state index is 13.5. The fourth-order valence-electron chi connectivity index (χ4n) is 15.1. The largest absolute Gasteiger partial charge is 0.292 e. The van der Waals surface area contributed by atoms with E-state index in [0.717, 1.165) is 164 Å². The van der Waals surface area contributed by atoms with Crippen LogP contribution < -0.4 is 31.8 Å². The zero-order valence-electron chi connectivity index (χ0n) is 53.1. The Morgan fingerprint density at radius 1 is 0.204 bits per heavy atom. The molecule has 8 heteroatoms. The van der Waals surface area contributed by atoms with Crippen LogP contribution >= 0.6 is 15.0 Å². The molecule has 1 atom stereocenters. The zero-order chi connectivity index (χ0) is 65.1. The molecule has 4 heterocycles. The average molecular weight is 1290 g/mol. The molecule has 15 aromatic carbocycles. The Hall–Kier alpha value is -11.7.